The average molecular weight is 647 g/mol. The Hall–Kier alpha value is 5.99. The molecule has 0 nitrogen and oxygen atoms in total. The molecule has 1 radical (unpaired) electrons. The fraction of sp³-hybridized carbons (Fsp3) is 0. The van der Waals surface area contributed by atoms with Gasteiger partial charge >= 0.3 is 23.1 Å². The van der Waals surface area contributed by atoms with Crippen molar-refractivity contribution in [3.63, 3.8) is 0 Å². The fourth-order valence-corrected chi connectivity index (χ4v) is 0. The minimum absolute atomic E-state index is 0. The molecular weight excluding hydrogens is 645 g/mol. The van der Waals surface area contributed by atoms with Crippen molar-refractivity contribution in [3.8, 4) is 0 Å². The van der Waals surface area contributed by atoms with Crippen LogP contribution in [-0.2, 0) is 0 Å². The molecule has 0 aromatic heterocycles. The van der Waals surface area contributed by atoms with E-state index in [-0.39, 0.29) is 183 Å². The quantitative estimate of drug-likeness (QED) is 0.321. The smallest absolute Gasteiger partial charge is 1.00 e. The van der Waals surface area contributed by atoms with Crippen LogP contribution >= 0.6 is 0 Å². The largest absolute Gasteiger partial charge is 2.00 e. The normalized spacial score (nSPS) is 0. The van der Waals surface area contributed by atoms with Gasteiger partial charge in [-0.25, -0.2) is 0 Å². The van der Waals surface area contributed by atoms with E-state index < -0.39 is 0 Å². The van der Waals surface area contributed by atoms with Crippen molar-refractivity contribution in [2.24, 2.45) is 0 Å². The van der Waals surface area contributed by atoms with E-state index in [1.54, 1.807) is 0 Å². The second-order valence-electron chi connectivity index (χ2n) is 0. The fourth-order valence-electron chi connectivity index (χ4n) is 0. The van der Waals surface area contributed by atoms with E-state index in [4.69, 9.17) is 0 Å². The molecule has 0 aliphatic rings. The van der Waals surface area contributed by atoms with Crippen molar-refractivity contribution >= 4 is 23.1 Å². The Kier molecular flexibility index (Phi) is 138. The zero-order valence-corrected chi connectivity index (χ0v) is 13.9. The first-order chi connectivity index (χ1) is 0. The maximum absolute atomic E-state index is 0. The standard InChI is InChI=1S/Dy.Er.Mg.Pr.Sm.2H/q;;+2;;;2*-1. The minimum atomic E-state index is 0. The predicted molar refractivity (Wildman–Crippen MR) is 7.98 cm³/mol. The van der Waals surface area contributed by atoms with Crippen molar-refractivity contribution in [1.29, 1.82) is 0 Å². The average Bonchev–Trinajstić information content (AvgIpc) is 0. The van der Waals surface area contributed by atoms with Gasteiger partial charge in [0.2, 0.25) is 0 Å². The van der Waals surface area contributed by atoms with Crippen LogP contribution in [0.4, 0.5) is 0 Å². The van der Waals surface area contributed by atoms with Crippen molar-refractivity contribution in [2.45, 2.75) is 0 Å². The van der Waals surface area contributed by atoms with E-state index in [9.17, 15) is 0 Å². The van der Waals surface area contributed by atoms with E-state index in [0.29, 0.717) is 0 Å². The first-order valence-electron chi connectivity index (χ1n) is 0. The molecule has 0 saturated heterocycles. The van der Waals surface area contributed by atoms with Gasteiger partial charge in [-0.05, 0) is 0 Å². The van der Waals surface area contributed by atoms with Crippen LogP contribution in [0.3, 0.4) is 0 Å². The zero-order chi connectivity index (χ0) is 0. The van der Waals surface area contributed by atoms with Gasteiger partial charge in [0.05, 0.1) is 0 Å². The number of rotatable bonds is 0. The molecule has 5 heteroatoms. The molecule has 0 saturated carbocycles. The van der Waals surface area contributed by atoms with Gasteiger partial charge in [0.25, 0.3) is 0 Å². The van der Waals surface area contributed by atoms with Crippen molar-refractivity contribution in [1.82, 2.24) is 0 Å². The Bertz CT molecular complexity index is 17.7. The predicted octanol–water partition coefficient (Wildman–Crippen LogP) is -0.156. The van der Waals surface area contributed by atoms with Gasteiger partial charge < -0.3 is 2.85 Å². The second-order valence-corrected chi connectivity index (χ2v) is 0. The summed E-state index contributed by atoms with van der Waals surface area (Å²) in [5, 5.41) is 0. The number of hydrogen-bond acceptors (Lipinski definition) is 0. The van der Waals surface area contributed by atoms with Gasteiger partial charge in [-0.15, -0.1) is 0 Å². The molecule has 0 unspecified atom stereocenters. The molecule has 0 spiro atoms. The summed E-state index contributed by atoms with van der Waals surface area (Å²) in [6.45, 7) is 0. The molecule has 0 fully saturated rings. The van der Waals surface area contributed by atoms with Crippen LogP contribution in [0.1, 0.15) is 2.85 Å². The van der Waals surface area contributed by atoms with Crippen molar-refractivity contribution in [2.75, 3.05) is 0 Å². The third-order valence-corrected chi connectivity index (χ3v) is 0. The van der Waals surface area contributed by atoms with Crippen LogP contribution in [0, 0.1) is 157 Å². The van der Waals surface area contributed by atoms with Crippen LogP contribution < -0.4 is 0 Å². The van der Waals surface area contributed by atoms with Gasteiger partial charge in [-0.1, -0.05) is 0 Å². The molecular formula is H2DyErMgPrSm. The molecule has 0 heterocycles. The Morgan fingerprint density at radius 1 is 1.20 bits per heavy atom. The Balaban J connectivity index is 0. The van der Waals surface area contributed by atoms with E-state index >= 15 is 0 Å². The van der Waals surface area contributed by atoms with E-state index in [1.807, 2.05) is 0 Å². The zero-order valence-electron chi connectivity index (χ0n) is 4.30. The molecule has 0 bridgehead atoms. The van der Waals surface area contributed by atoms with Crippen LogP contribution in [0.15, 0.2) is 0 Å². The van der Waals surface area contributed by atoms with E-state index in [2.05, 4.69) is 0 Å². The third kappa shape index (κ3) is 17.8. The van der Waals surface area contributed by atoms with Gasteiger partial charge in [-0.3, -0.25) is 0 Å². The van der Waals surface area contributed by atoms with Gasteiger partial charge in [0, 0.05) is 157 Å². The van der Waals surface area contributed by atoms with Gasteiger partial charge in [0.15, 0.2) is 0 Å². The third-order valence-electron chi connectivity index (χ3n) is 0. The molecule has 0 aliphatic heterocycles. The summed E-state index contributed by atoms with van der Waals surface area (Å²) >= 11 is 0. The van der Waals surface area contributed by atoms with Crippen molar-refractivity contribution in [3.05, 3.63) is 0 Å². The summed E-state index contributed by atoms with van der Waals surface area (Å²) in [5.74, 6) is 0. The molecule has 0 atom stereocenters. The molecule has 0 rings (SSSR count). The summed E-state index contributed by atoms with van der Waals surface area (Å²) in [6, 6.07) is 0. The molecule has 0 aliphatic carbocycles. The van der Waals surface area contributed by atoms with Crippen LogP contribution in [0.5, 0.6) is 0 Å². The second kappa shape index (κ2) is 22.5. The first-order valence-corrected chi connectivity index (χ1v) is 0. The molecule has 0 N–H and O–H groups in total. The summed E-state index contributed by atoms with van der Waals surface area (Å²) < 4.78 is 0. The Labute approximate surface area is 177 Å². The van der Waals surface area contributed by atoms with Crippen LogP contribution in [-0.4, -0.2) is 23.1 Å². The Morgan fingerprint density at radius 2 is 1.20 bits per heavy atom. The van der Waals surface area contributed by atoms with Crippen molar-refractivity contribution < 1.29 is 160 Å². The molecule has 35 valence electrons. The summed E-state index contributed by atoms with van der Waals surface area (Å²) in [5.41, 5.74) is 0. The molecule has 0 amide bonds. The van der Waals surface area contributed by atoms with E-state index in [0.717, 1.165) is 0 Å². The molecule has 5 heavy (non-hydrogen) atoms. The Morgan fingerprint density at radius 3 is 1.20 bits per heavy atom. The summed E-state index contributed by atoms with van der Waals surface area (Å²) in [7, 11) is 0. The SMILES string of the molecule is [Dy].[Er].[H-].[H-].[Mg+2].[Pr].[Sm]. The number of hydrogen-bond donors (Lipinski definition) is 0. The van der Waals surface area contributed by atoms with Crippen LogP contribution in [0.25, 0.3) is 0 Å². The van der Waals surface area contributed by atoms with Crippen LogP contribution in [0.2, 0.25) is 0 Å². The summed E-state index contributed by atoms with van der Waals surface area (Å²) in [6.07, 6.45) is 0. The topological polar surface area (TPSA) is 0 Å². The first kappa shape index (κ1) is 30.6. The maximum Gasteiger partial charge on any atom is 2.00 e. The minimum Gasteiger partial charge on any atom is -1.00 e. The molecule has 0 aromatic carbocycles. The maximum atomic E-state index is 0. The van der Waals surface area contributed by atoms with E-state index in [1.165, 1.54) is 0 Å². The monoisotopic (exact) mass is 649 g/mol. The molecule has 0 aromatic rings. The van der Waals surface area contributed by atoms with Gasteiger partial charge in [-0.2, -0.15) is 0 Å². The van der Waals surface area contributed by atoms with Gasteiger partial charge in [0.1, 0.15) is 0 Å². The summed E-state index contributed by atoms with van der Waals surface area (Å²) in [4.78, 5) is 0.